The van der Waals surface area contributed by atoms with E-state index in [9.17, 15) is 13.2 Å². The summed E-state index contributed by atoms with van der Waals surface area (Å²) in [5.74, 6) is -0.267. The smallest absolute Gasteiger partial charge is 0.307 e. The molecule has 0 atom stereocenters. The lowest BCUT2D eigenvalue weighted by Crippen LogP contribution is -2.23. The monoisotopic (exact) mass is 285 g/mol. The third kappa shape index (κ3) is 3.96. The Kier molecular flexibility index (Phi) is 5.35. The van der Waals surface area contributed by atoms with Crippen LogP contribution in [-0.2, 0) is 19.4 Å². The molecule has 0 fully saturated rings. The molecule has 5 nitrogen and oxygen atoms in total. The molecule has 1 aromatic rings. The topological polar surface area (TPSA) is 63.7 Å². The predicted molar refractivity (Wildman–Crippen MR) is 74.1 cm³/mol. The first kappa shape index (κ1) is 15.5. The largest absolute Gasteiger partial charge is 0.469 e. The molecule has 1 rings (SSSR count). The van der Waals surface area contributed by atoms with Gasteiger partial charge in [-0.15, -0.1) is 0 Å². The molecule has 19 heavy (non-hydrogen) atoms. The van der Waals surface area contributed by atoms with Crippen molar-refractivity contribution >= 4 is 21.5 Å². The summed E-state index contributed by atoms with van der Waals surface area (Å²) in [4.78, 5) is 13.2. The number of hydrogen-bond donors (Lipinski definition) is 0. The lowest BCUT2D eigenvalue weighted by Gasteiger charge is -2.21. The van der Waals surface area contributed by atoms with E-state index in [1.807, 2.05) is 0 Å². The fourth-order valence-corrected chi connectivity index (χ4v) is 2.81. The average molecular weight is 285 g/mol. The molecule has 0 bridgehead atoms. The number of methoxy groups -OCH3 is 1. The Bertz CT molecular complexity index is 539. The lowest BCUT2D eigenvalue weighted by atomic mass is 10.3. The van der Waals surface area contributed by atoms with Gasteiger partial charge in [0.05, 0.1) is 29.9 Å². The van der Waals surface area contributed by atoms with E-state index in [0.29, 0.717) is 17.1 Å². The first-order chi connectivity index (χ1) is 8.92. The van der Waals surface area contributed by atoms with Crippen LogP contribution in [0, 0.1) is 0 Å². The van der Waals surface area contributed by atoms with Crippen molar-refractivity contribution in [3.63, 3.8) is 0 Å². The minimum absolute atomic E-state index is 0.0505. The van der Waals surface area contributed by atoms with Crippen LogP contribution in [0.15, 0.2) is 29.2 Å². The quantitative estimate of drug-likeness (QED) is 0.741. The van der Waals surface area contributed by atoms with Gasteiger partial charge in [-0.2, -0.15) is 0 Å². The minimum atomic E-state index is -3.28. The van der Waals surface area contributed by atoms with Gasteiger partial charge in [-0.25, -0.2) is 8.42 Å². The van der Waals surface area contributed by atoms with Crippen LogP contribution in [0.4, 0.5) is 5.69 Å². The molecule has 0 heterocycles. The third-order valence-electron chi connectivity index (χ3n) is 2.87. The molecule has 6 heteroatoms. The maximum Gasteiger partial charge on any atom is 0.307 e. The maximum atomic E-state index is 12.0. The van der Waals surface area contributed by atoms with Crippen molar-refractivity contribution in [2.24, 2.45) is 0 Å². The molecular weight excluding hydrogens is 266 g/mol. The van der Waals surface area contributed by atoms with E-state index in [-0.39, 0.29) is 18.1 Å². The molecule has 0 aliphatic carbocycles. The highest BCUT2D eigenvalue weighted by Gasteiger charge is 2.18. The number of esters is 1. The zero-order valence-corrected chi connectivity index (χ0v) is 12.2. The molecule has 0 saturated carbocycles. The Labute approximate surface area is 114 Å². The number of carbonyl (C=O) groups is 1. The van der Waals surface area contributed by atoms with Crippen LogP contribution in [0.3, 0.4) is 0 Å². The van der Waals surface area contributed by atoms with Crippen molar-refractivity contribution in [3.8, 4) is 0 Å². The number of carbonyl (C=O) groups excluding carboxylic acids is 1. The molecule has 0 amide bonds. The second-order valence-electron chi connectivity index (χ2n) is 4.12. The summed E-state index contributed by atoms with van der Waals surface area (Å²) in [5.41, 5.74) is 0.605. The van der Waals surface area contributed by atoms with Crippen LogP contribution in [0.2, 0.25) is 0 Å². The molecule has 0 saturated heterocycles. The zero-order chi connectivity index (χ0) is 14.5. The highest BCUT2D eigenvalue weighted by Crippen LogP contribution is 2.25. The van der Waals surface area contributed by atoms with Gasteiger partial charge in [0.1, 0.15) is 0 Å². The van der Waals surface area contributed by atoms with Gasteiger partial charge in [-0.1, -0.05) is 19.1 Å². The van der Waals surface area contributed by atoms with Gasteiger partial charge in [0, 0.05) is 13.6 Å². The van der Waals surface area contributed by atoms with Gasteiger partial charge in [-0.3, -0.25) is 4.79 Å². The highest BCUT2D eigenvalue weighted by atomic mass is 32.2. The van der Waals surface area contributed by atoms with Crippen LogP contribution < -0.4 is 4.90 Å². The Balaban J connectivity index is 2.98. The number of para-hydroxylation sites is 1. The number of hydrogen-bond acceptors (Lipinski definition) is 5. The highest BCUT2D eigenvalue weighted by molar-refractivity contribution is 7.91. The fraction of sp³-hybridized carbons (Fsp3) is 0.462. The summed E-state index contributed by atoms with van der Waals surface area (Å²) >= 11 is 0. The first-order valence-corrected chi connectivity index (χ1v) is 7.67. The van der Waals surface area contributed by atoms with Gasteiger partial charge in [-0.05, 0) is 12.1 Å². The SMILES string of the molecule is CCS(=O)(=O)c1ccccc1N(C)CCC(=O)OC. The van der Waals surface area contributed by atoms with Crippen molar-refractivity contribution in [1.29, 1.82) is 0 Å². The molecule has 0 radical (unpaired) electrons. The van der Waals surface area contributed by atoms with E-state index in [1.54, 1.807) is 43.1 Å². The predicted octanol–water partition coefficient (Wildman–Crippen LogP) is 1.48. The second-order valence-corrected chi connectivity index (χ2v) is 6.37. The van der Waals surface area contributed by atoms with Crippen molar-refractivity contribution < 1.29 is 17.9 Å². The van der Waals surface area contributed by atoms with E-state index in [0.717, 1.165) is 0 Å². The van der Waals surface area contributed by atoms with Crippen LogP contribution >= 0.6 is 0 Å². The van der Waals surface area contributed by atoms with E-state index < -0.39 is 9.84 Å². The number of sulfone groups is 1. The van der Waals surface area contributed by atoms with E-state index in [4.69, 9.17) is 0 Å². The van der Waals surface area contributed by atoms with Crippen LogP contribution in [-0.4, -0.2) is 40.8 Å². The number of benzene rings is 1. The first-order valence-electron chi connectivity index (χ1n) is 6.02. The van der Waals surface area contributed by atoms with Crippen LogP contribution in [0.5, 0.6) is 0 Å². The number of anilines is 1. The van der Waals surface area contributed by atoms with Gasteiger partial charge < -0.3 is 9.64 Å². The Morgan fingerprint density at radius 3 is 2.53 bits per heavy atom. The van der Waals surface area contributed by atoms with E-state index in [1.165, 1.54) is 7.11 Å². The fourth-order valence-electron chi connectivity index (χ4n) is 1.67. The van der Waals surface area contributed by atoms with Gasteiger partial charge >= 0.3 is 5.97 Å². The van der Waals surface area contributed by atoms with E-state index >= 15 is 0 Å². The normalized spacial score (nSPS) is 11.1. The molecule has 0 aliphatic heterocycles. The molecule has 0 unspecified atom stereocenters. The van der Waals surface area contributed by atoms with Gasteiger partial charge in [0.15, 0.2) is 9.84 Å². The summed E-state index contributed by atoms with van der Waals surface area (Å²) in [6.07, 6.45) is 0.216. The molecule has 0 N–H and O–H groups in total. The van der Waals surface area contributed by atoms with Crippen molar-refractivity contribution in [1.82, 2.24) is 0 Å². The Morgan fingerprint density at radius 1 is 1.32 bits per heavy atom. The molecule has 0 spiro atoms. The second kappa shape index (κ2) is 6.56. The Hall–Kier alpha value is -1.56. The summed E-state index contributed by atoms with van der Waals surface area (Å²) < 4.78 is 28.6. The number of nitrogens with zero attached hydrogens (tertiary/aromatic N) is 1. The molecule has 0 aromatic heterocycles. The maximum absolute atomic E-state index is 12.0. The van der Waals surface area contributed by atoms with Crippen molar-refractivity contribution in [3.05, 3.63) is 24.3 Å². The zero-order valence-electron chi connectivity index (χ0n) is 11.4. The van der Waals surface area contributed by atoms with Gasteiger partial charge in [0.2, 0.25) is 0 Å². The minimum Gasteiger partial charge on any atom is -0.469 e. The van der Waals surface area contributed by atoms with Crippen molar-refractivity contribution in [2.45, 2.75) is 18.2 Å². The molecule has 1 aromatic carbocycles. The summed E-state index contributed by atoms with van der Waals surface area (Å²) in [6.45, 7) is 2.02. The molecular formula is C13H19NO4S. The average Bonchev–Trinajstić information content (AvgIpc) is 2.44. The summed E-state index contributed by atoms with van der Waals surface area (Å²) in [6, 6.07) is 6.79. The lowest BCUT2D eigenvalue weighted by molar-refractivity contribution is -0.140. The third-order valence-corrected chi connectivity index (χ3v) is 4.65. The molecule has 0 aliphatic rings. The summed E-state index contributed by atoms with van der Waals surface area (Å²) in [7, 11) is -0.188. The number of ether oxygens (including phenoxy) is 1. The van der Waals surface area contributed by atoms with E-state index in [2.05, 4.69) is 4.74 Å². The standard InChI is InChI=1S/C13H19NO4S/c1-4-19(16,17)12-8-6-5-7-11(12)14(2)10-9-13(15)18-3/h5-8H,4,9-10H2,1-3H3. The summed E-state index contributed by atoms with van der Waals surface area (Å²) in [5, 5.41) is 0. The van der Waals surface area contributed by atoms with Crippen LogP contribution in [0.25, 0.3) is 0 Å². The molecule has 106 valence electrons. The van der Waals surface area contributed by atoms with Crippen LogP contribution in [0.1, 0.15) is 13.3 Å². The number of rotatable bonds is 6. The van der Waals surface area contributed by atoms with Gasteiger partial charge in [0.25, 0.3) is 0 Å². The Morgan fingerprint density at radius 2 is 1.95 bits per heavy atom. The van der Waals surface area contributed by atoms with Crippen molar-refractivity contribution in [2.75, 3.05) is 31.4 Å².